The smallest absolute Gasteiger partial charge is 0.131 e. The second-order valence-corrected chi connectivity index (χ2v) is 8.24. The van der Waals surface area contributed by atoms with Crippen molar-refractivity contribution in [2.45, 2.75) is 71.4 Å². The van der Waals surface area contributed by atoms with Gasteiger partial charge in [-0.2, -0.15) is 0 Å². The molecule has 0 atom stereocenters. The molecule has 0 spiro atoms. The molecule has 0 bridgehead atoms. The summed E-state index contributed by atoms with van der Waals surface area (Å²) in [4.78, 5) is 12.2. The van der Waals surface area contributed by atoms with Crippen molar-refractivity contribution in [2.24, 2.45) is 0 Å². The Bertz CT molecular complexity index is 812. The molecule has 1 aromatic carbocycles. The highest BCUT2D eigenvalue weighted by atomic mass is 16.5. The van der Waals surface area contributed by atoms with Crippen molar-refractivity contribution < 1.29 is 4.74 Å². The van der Waals surface area contributed by atoms with Crippen molar-refractivity contribution >= 4 is 0 Å². The first-order valence-corrected chi connectivity index (χ1v) is 10.3. The molecule has 1 aliphatic carbocycles. The fourth-order valence-corrected chi connectivity index (χ4v) is 4.56. The van der Waals surface area contributed by atoms with Crippen molar-refractivity contribution in [3.05, 3.63) is 52.1 Å². The number of hydrogen-bond donors (Lipinski definition) is 0. The van der Waals surface area contributed by atoms with Gasteiger partial charge >= 0.3 is 0 Å². The highest BCUT2D eigenvalue weighted by Gasteiger charge is 2.23. The molecule has 1 aromatic heterocycles. The number of benzene rings is 1. The molecule has 0 unspecified atom stereocenters. The second kappa shape index (κ2) is 7.97. The molecule has 4 heteroatoms. The lowest BCUT2D eigenvalue weighted by molar-refractivity contribution is 0.241. The van der Waals surface area contributed by atoms with Gasteiger partial charge in [0.2, 0.25) is 0 Å². The third kappa shape index (κ3) is 4.01. The van der Waals surface area contributed by atoms with E-state index in [0.29, 0.717) is 5.92 Å². The van der Waals surface area contributed by atoms with Gasteiger partial charge in [0.15, 0.2) is 0 Å². The Balaban J connectivity index is 1.46. The zero-order chi connectivity index (χ0) is 18.8. The van der Waals surface area contributed by atoms with E-state index in [-0.39, 0.29) is 0 Å². The predicted octanol–water partition coefficient (Wildman–Crippen LogP) is 4.71. The van der Waals surface area contributed by atoms with Gasteiger partial charge in [-0.15, -0.1) is 0 Å². The number of nitrogens with zero attached hydrogens (tertiary/aromatic N) is 3. The van der Waals surface area contributed by atoms with Gasteiger partial charge in [-0.25, -0.2) is 9.97 Å². The first-order chi connectivity index (χ1) is 13.1. The summed E-state index contributed by atoms with van der Waals surface area (Å²) < 4.78 is 5.45. The maximum atomic E-state index is 5.45. The van der Waals surface area contributed by atoms with Gasteiger partial charge in [0.05, 0.1) is 7.11 Å². The Kier molecular flexibility index (Phi) is 5.44. The number of hydrogen-bond acceptors (Lipinski definition) is 4. The molecule has 0 amide bonds. The molecule has 0 N–H and O–H groups in total. The predicted molar refractivity (Wildman–Crippen MR) is 108 cm³/mol. The van der Waals surface area contributed by atoms with E-state index < -0.39 is 0 Å². The van der Waals surface area contributed by atoms with Crippen LogP contribution in [-0.4, -0.2) is 28.5 Å². The van der Waals surface area contributed by atoms with Crippen LogP contribution < -0.4 is 4.74 Å². The molecule has 1 aliphatic heterocycles. The van der Waals surface area contributed by atoms with Crippen LogP contribution in [0.3, 0.4) is 0 Å². The zero-order valence-corrected chi connectivity index (χ0v) is 16.9. The van der Waals surface area contributed by atoms with Crippen molar-refractivity contribution in [2.75, 3.05) is 13.7 Å². The Labute approximate surface area is 163 Å². The minimum absolute atomic E-state index is 0.590. The van der Waals surface area contributed by atoms with Gasteiger partial charge in [-0.1, -0.05) is 25.3 Å². The standard InChI is InChI=1S/C23H31N3O/c1-16-12-22(27-3)17(2)11-19(16)14-26-10-9-21-20(15-26)13-24-23(25-21)18-7-5-4-6-8-18/h11-13,18H,4-10,14-15H2,1-3H3. The molecular weight excluding hydrogens is 334 g/mol. The Morgan fingerprint density at radius 2 is 1.93 bits per heavy atom. The van der Waals surface area contributed by atoms with Crippen LogP contribution in [0.1, 0.15) is 71.8 Å². The highest BCUT2D eigenvalue weighted by molar-refractivity contribution is 5.41. The number of fused-ring (bicyclic) bond motifs is 1. The zero-order valence-electron chi connectivity index (χ0n) is 16.9. The summed E-state index contributed by atoms with van der Waals surface area (Å²) in [5.41, 5.74) is 6.48. The number of ether oxygens (including phenoxy) is 1. The van der Waals surface area contributed by atoms with Crippen LogP contribution in [0.2, 0.25) is 0 Å². The van der Waals surface area contributed by atoms with Crippen LogP contribution in [0.5, 0.6) is 5.75 Å². The third-order valence-electron chi connectivity index (χ3n) is 6.25. The molecule has 1 saturated carbocycles. The molecule has 2 aliphatic rings. The lowest BCUT2D eigenvalue weighted by Crippen LogP contribution is -2.31. The van der Waals surface area contributed by atoms with Crippen LogP contribution in [0.25, 0.3) is 0 Å². The van der Waals surface area contributed by atoms with Crippen LogP contribution >= 0.6 is 0 Å². The fourth-order valence-electron chi connectivity index (χ4n) is 4.56. The molecule has 4 rings (SSSR count). The van der Waals surface area contributed by atoms with Crippen molar-refractivity contribution in [3.63, 3.8) is 0 Å². The summed E-state index contributed by atoms with van der Waals surface area (Å²) in [5.74, 6) is 2.67. The van der Waals surface area contributed by atoms with Crippen LogP contribution in [0.15, 0.2) is 18.3 Å². The molecule has 4 nitrogen and oxygen atoms in total. The molecule has 0 radical (unpaired) electrons. The molecular formula is C23H31N3O. The van der Waals surface area contributed by atoms with E-state index in [4.69, 9.17) is 14.7 Å². The maximum Gasteiger partial charge on any atom is 0.131 e. The summed E-state index contributed by atoms with van der Waals surface area (Å²) in [6, 6.07) is 4.43. The van der Waals surface area contributed by atoms with Gasteiger partial charge in [0, 0.05) is 49.4 Å². The van der Waals surface area contributed by atoms with Gasteiger partial charge in [-0.05, 0) is 49.4 Å². The first-order valence-electron chi connectivity index (χ1n) is 10.3. The summed E-state index contributed by atoms with van der Waals surface area (Å²) in [6.45, 7) is 7.28. The highest BCUT2D eigenvalue weighted by Crippen LogP contribution is 2.31. The molecule has 27 heavy (non-hydrogen) atoms. The van der Waals surface area contributed by atoms with Crippen molar-refractivity contribution in [1.29, 1.82) is 0 Å². The maximum absolute atomic E-state index is 5.45. The number of aromatic nitrogens is 2. The van der Waals surface area contributed by atoms with E-state index in [9.17, 15) is 0 Å². The summed E-state index contributed by atoms with van der Waals surface area (Å²) in [6.07, 6.45) is 9.71. The van der Waals surface area contributed by atoms with Crippen LogP contribution in [0.4, 0.5) is 0 Å². The summed E-state index contributed by atoms with van der Waals surface area (Å²) in [5, 5.41) is 0. The lowest BCUT2D eigenvalue weighted by atomic mass is 9.88. The minimum atomic E-state index is 0.590. The second-order valence-electron chi connectivity index (χ2n) is 8.24. The number of rotatable bonds is 4. The van der Waals surface area contributed by atoms with Gasteiger partial charge in [-0.3, -0.25) is 4.90 Å². The van der Waals surface area contributed by atoms with E-state index in [1.807, 2.05) is 0 Å². The number of methoxy groups -OCH3 is 1. The molecule has 1 fully saturated rings. The summed E-state index contributed by atoms with van der Waals surface area (Å²) in [7, 11) is 1.74. The van der Waals surface area contributed by atoms with Crippen molar-refractivity contribution in [3.8, 4) is 5.75 Å². The Morgan fingerprint density at radius 1 is 1.11 bits per heavy atom. The average molecular weight is 366 g/mol. The van der Waals surface area contributed by atoms with E-state index >= 15 is 0 Å². The van der Waals surface area contributed by atoms with Crippen LogP contribution in [-0.2, 0) is 19.5 Å². The molecule has 2 aromatic rings. The third-order valence-corrected chi connectivity index (χ3v) is 6.25. The number of aryl methyl sites for hydroxylation is 2. The Morgan fingerprint density at radius 3 is 2.70 bits per heavy atom. The first kappa shape index (κ1) is 18.4. The largest absolute Gasteiger partial charge is 0.496 e. The van der Waals surface area contributed by atoms with E-state index in [1.165, 1.54) is 60.1 Å². The fraction of sp³-hybridized carbons (Fsp3) is 0.565. The minimum Gasteiger partial charge on any atom is -0.496 e. The molecule has 144 valence electrons. The SMILES string of the molecule is COc1cc(C)c(CN2CCc3nc(C4CCCCC4)ncc3C2)cc1C. The quantitative estimate of drug-likeness (QED) is 0.787. The Hall–Kier alpha value is -1.94. The lowest BCUT2D eigenvalue weighted by Gasteiger charge is -2.29. The average Bonchev–Trinajstić information content (AvgIpc) is 2.70. The van der Waals surface area contributed by atoms with Gasteiger partial charge in [0.1, 0.15) is 11.6 Å². The van der Waals surface area contributed by atoms with E-state index in [1.54, 1.807) is 7.11 Å². The van der Waals surface area contributed by atoms with Gasteiger partial charge < -0.3 is 4.74 Å². The summed E-state index contributed by atoms with van der Waals surface area (Å²) >= 11 is 0. The molecule has 0 saturated heterocycles. The van der Waals surface area contributed by atoms with Crippen molar-refractivity contribution in [1.82, 2.24) is 14.9 Å². The van der Waals surface area contributed by atoms with Gasteiger partial charge in [0.25, 0.3) is 0 Å². The normalized spacial score (nSPS) is 18.3. The van der Waals surface area contributed by atoms with Crippen LogP contribution in [0, 0.1) is 13.8 Å². The molecule has 2 heterocycles. The topological polar surface area (TPSA) is 38.2 Å². The monoisotopic (exact) mass is 365 g/mol. The van der Waals surface area contributed by atoms with E-state index in [2.05, 4.69) is 37.1 Å². The van der Waals surface area contributed by atoms with E-state index in [0.717, 1.165) is 37.6 Å².